The lowest BCUT2D eigenvalue weighted by Crippen LogP contribution is -2.25. The van der Waals surface area contributed by atoms with Crippen LogP contribution in [0.15, 0.2) is 23.0 Å². The van der Waals surface area contributed by atoms with Crippen LogP contribution in [-0.4, -0.2) is 20.6 Å². The summed E-state index contributed by atoms with van der Waals surface area (Å²) in [5.41, 5.74) is 0.895. The van der Waals surface area contributed by atoms with Gasteiger partial charge < -0.3 is 5.11 Å². The topological polar surface area (TPSA) is 72.2 Å². The molecule has 0 bridgehead atoms. The summed E-state index contributed by atoms with van der Waals surface area (Å²) in [7, 11) is 1.40. The first-order chi connectivity index (χ1) is 7.52. The Bertz CT molecular complexity index is 643. The average molecular weight is 218 g/mol. The van der Waals surface area contributed by atoms with Gasteiger partial charge in [-0.3, -0.25) is 9.36 Å². The van der Waals surface area contributed by atoms with Gasteiger partial charge in [-0.1, -0.05) is 12.1 Å². The van der Waals surface area contributed by atoms with Crippen molar-refractivity contribution in [3.8, 4) is 0 Å². The number of aryl methyl sites for hydroxylation is 1. The van der Waals surface area contributed by atoms with Gasteiger partial charge in [-0.15, -0.1) is 0 Å². The summed E-state index contributed by atoms with van der Waals surface area (Å²) in [6.07, 6.45) is 0. The van der Waals surface area contributed by atoms with E-state index in [-0.39, 0.29) is 11.4 Å². The van der Waals surface area contributed by atoms with Crippen molar-refractivity contribution in [2.24, 2.45) is 7.05 Å². The van der Waals surface area contributed by atoms with Crippen molar-refractivity contribution < 1.29 is 9.90 Å². The number of fused-ring (bicyclic) bond motifs is 1. The van der Waals surface area contributed by atoms with E-state index in [2.05, 4.69) is 4.98 Å². The van der Waals surface area contributed by atoms with Gasteiger partial charge in [-0.25, -0.2) is 9.78 Å². The second-order valence-corrected chi connectivity index (χ2v) is 3.58. The Morgan fingerprint density at radius 3 is 2.75 bits per heavy atom. The molecule has 82 valence electrons. The summed E-state index contributed by atoms with van der Waals surface area (Å²) in [6, 6.07) is 5.19. The molecule has 0 aliphatic heterocycles. The van der Waals surface area contributed by atoms with Gasteiger partial charge in [0.2, 0.25) is 5.82 Å². The van der Waals surface area contributed by atoms with Gasteiger partial charge in [0.05, 0.1) is 10.9 Å². The van der Waals surface area contributed by atoms with Gasteiger partial charge in [0, 0.05) is 7.05 Å². The van der Waals surface area contributed by atoms with Crippen LogP contribution in [0.25, 0.3) is 10.9 Å². The second-order valence-electron chi connectivity index (χ2n) is 3.58. The Balaban J connectivity index is 3.01. The predicted octanol–water partition coefficient (Wildman–Crippen LogP) is 0.940. The maximum absolute atomic E-state index is 11.9. The largest absolute Gasteiger partial charge is 0.475 e. The van der Waals surface area contributed by atoms with Crippen LogP contribution in [0.1, 0.15) is 16.2 Å². The van der Waals surface area contributed by atoms with E-state index in [1.165, 1.54) is 7.05 Å². The molecular weight excluding hydrogens is 208 g/mol. The lowest BCUT2D eigenvalue weighted by atomic mass is 10.1. The van der Waals surface area contributed by atoms with Crippen LogP contribution in [0.3, 0.4) is 0 Å². The molecule has 0 saturated heterocycles. The number of aromatic nitrogens is 2. The number of para-hydroxylation sites is 1. The number of carboxylic acids is 1. The fraction of sp³-hybridized carbons (Fsp3) is 0.182. The number of nitrogens with zero attached hydrogens (tertiary/aromatic N) is 2. The SMILES string of the molecule is Cc1cccc2c(=O)n(C)c(C(=O)O)nc12. The van der Waals surface area contributed by atoms with Gasteiger partial charge in [0.1, 0.15) is 0 Å². The first-order valence-corrected chi connectivity index (χ1v) is 4.72. The quantitative estimate of drug-likeness (QED) is 0.773. The van der Waals surface area contributed by atoms with E-state index in [0.717, 1.165) is 10.1 Å². The summed E-state index contributed by atoms with van der Waals surface area (Å²) >= 11 is 0. The van der Waals surface area contributed by atoms with E-state index in [0.29, 0.717) is 10.9 Å². The number of carboxylic acid groups (broad SMARTS) is 1. The Kier molecular flexibility index (Phi) is 2.23. The first-order valence-electron chi connectivity index (χ1n) is 4.72. The Morgan fingerprint density at radius 1 is 1.44 bits per heavy atom. The fourth-order valence-electron chi connectivity index (χ4n) is 1.63. The normalized spacial score (nSPS) is 10.6. The molecule has 2 rings (SSSR count). The van der Waals surface area contributed by atoms with Crippen molar-refractivity contribution in [1.82, 2.24) is 9.55 Å². The van der Waals surface area contributed by atoms with Gasteiger partial charge in [-0.05, 0) is 18.6 Å². The molecule has 0 unspecified atom stereocenters. The molecule has 0 spiro atoms. The minimum Gasteiger partial charge on any atom is -0.475 e. The lowest BCUT2D eigenvalue weighted by molar-refractivity contribution is 0.0678. The fourth-order valence-corrected chi connectivity index (χ4v) is 1.63. The van der Waals surface area contributed by atoms with Crippen LogP contribution in [0, 0.1) is 6.92 Å². The van der Waals surface area contributed by atoms with Crippen LogP contribution in [-0.2, 0) is 7.05 Å². The van der Waals surface area contributed by atoms with E-state index in [1.807, 2.05) is 0 Å². The molecule has 0 amide bonds. The van der Waals surface area contributed by atoms with Crippen LogP contribution >= 0.6 is 0 Å². The van der Waals surface area contributed by atoms with Crippen molar-refractivity contribution in [1.29, 1.82) is 0 Å². The molecule has 5 heteroatoms. The highest BCUT2D eigenvalue weighted by Gasteiger charge is 2.14. The molecule has 2 aromatic rings. The maximum atomic E-state index is 11.9. The molecule has 16 heavy (non-hydrogen) atoms. The summed E-state index contributed by atoms with van der Waals surface area (Å²) in [5.74, 6) is -1.45. The molecule has 0 atom stereocenters. The molecule has 0 saturated carbocycles. The highest BCUT2D eigenvalue weighted by atomic mass is 16.4. The Hall–Kier alpha value is -2.17. The summed E-state index contributed by atoms with van der Waals surface area (Å²) in [6.45, 7) is 1.79. The number of hydrogen-bond acceptors (Lipinski definition) is 3. The second kappa shape index (κ2) is 3.44. The molecular formula is C11H10N2O3. The number of benzene rings is 1. The Labute approximate surface area is 91.0 Å². The van der Waals surface area contributed by atoms with Gasteiger partial charge in [-0.2, -0.15) is 0 Å². The zero-order valence-corrected chi connectivity index (χ0v) is 8.89. The molecule has 1 N–H and O–H groups in total. The van der Waals surface area contributed by atoms with Crippen LogP contribution in [0.2, 0.25) is 0 Å². The van der Waals surface area contributed by atoms with Gasteiger partial charge in [0.25, 0.3) is 5.56 Å². The van der Waals surface area contributed by atoms with Crippen LogP contribution in [0.4, 0.5) is 0 Å². The highest BCUT2D eigenvalue weighted by Crippen LogP contribution is 2.12. The molecule has 0 aliphatic rings. The van der Waals surface area contributed by atoms with E-state index in [9.17, 15) is 9.59 Å². The maximum Gasteiger partial charge on any atom is 0.372 e. The van der Waals surface area contributed by atoms with Crippen LogP contribution in [0.5, 0.6) is 0 Å². The highest BCUT2D eigenvalue weighted by molar-refractivity contribution is 5.88. The summed E-state index contributed by atoms with van der Waals surface area (Å²) in [4.78, 5) is 26.8. The van der Waals surface area contributed by atoms with E-state index in [4.69, 9.17) is 5.11 Å². The molecule has 1 aromatic carbocycles. The van der Waals surface area contributed by atoms with Crippen LogP contribution < -0.4 is 5.56 Å². The summed E-state index contributed by atoms with van der Waals surface area (Å²) in [5, 5.41) is 9.36. The van der Waals surface area contributed by atoms with Crippen molar-refractivity contribution in [2.45, 2.75) is 6.92 Å². The molecule has 1 aromatic heterocycles. The number of aromatic carboxylic acids is 1. The van der Waals surface area contributed by atoms with Crippen molar-refractivity contribution in [3.63, 3.8) is 0 Å². The van der Waals surface area contributed by atoms with Crippen molar-refractivity contribution >= 4 is 16.9 Å². The zero-order valence-electron chi connectivity index (χ0n) is 8.89. The number of hydrogen-bond donors (Lipinski definition) is 1. The zero-order chi connectivity index (χ0) is 11.9. The third-order valence-corrected chi connectivity index (χ3v) is 2.50. The Morgan fingerprint density at radius 2 is 2.12 bits per heavy atom. The minimum absolute atomic E-state index is 0.244. The standard InChI is InChI=1S/C11H10N2O3/c1-6-4-3-5-7-8(6)12-9(11(15)16)13(2)10(7)14/h3-5H,1-2H3,(H,15,16). The predicted molar refractivity (Wildman–Crippen MR) is 58.7 cm³/mol. The monoisotopic (exact) mass is 218 g/mol. The number of rotatable bonds is 1. The molecule has 0 aliphatic carbocycles. The number of carbonyl (C=O) groups is 1. The minimum atomic E-state index is -1.20. The molecule has 0 fully saturated rings. The van der Waals surface area contributed by atoms with E-state index in [1.54, 1.807) is 25.1 Å². The molecule has 5 nitrogen and oxygen atoms in total. The van der Waals surface area contributed by atoms with Crippen molar-refractivity contribution in [3.05, 3.63) is 39.9 Å². The summed E-state index contributed by atoms with van der Waals surface area (Å²) < 4.78 is 1.05. The van der Waals surface area contributed by atoms with E-state index >= 15 is 0 Å². The third-order valence-electron chi connectivity index (χ3n) is 2.50. The first kappa shape index (κ1) is 10.4. The molecule has 1 heterocycles. The third kappa shape index (κ3) is 1.37. The molecule has 0 radical (unpaired) electrons. The van der Waals surface area contributed by atoms with Crippen molar-refractivity contribution in [2.75, 3.05) is 0 Å². The smallest absolute Gasteiger partial charge is 0.372 e. The lowest BCUT2D eigenvalue weighted by Gasteiger charge is -2.06. The van der Waals surface area contributed by atoms with Gasteiger partial charge in [0.15, 0.2) is 0 Å². The van der Waals surface area contributed by atoms with E-state index < -0.39 is 5.97 Å². The van der Waals surface area contributed by atoms with Gasteiger partial charge >= 0.3 is 5.97 Å². The average Bonchev–Trinajstić information content (AvgIpc) is 2.23.